The van der Waals surface area contributed by atoms with Crippen LogP contribution < -0.4 is 10.6 Å². The molecule has 1 aliphatic heterocycles. The Balaban J connectivity index is 1.84. The Labute approximate surface area is 104 Å². The molecule has 2 N–H and O–H groups in total. The van der Waals surface area contributed by atoms with Gasteiger partial charge in [0.2, 0.25) is 0 Å². The van der Waals surface area contributed by atoms with Crippen molar-refractivity contribution in [2.75, 3.05) is 13.1 Å². The first-order valence-electron chi connectivity index (χ1n) is 5.97. The molecule has 0 radical (unpaired) electrons. The zero-order chi connectivity index (χ0) is 12.5. The van der Waals surface area contributed by atoms with Crippen molar-refractivity contribution in [1.29, 1.82) is 0 Å². The predicted octanol–water partition coefficient (Wildman–Crippen LogP) is 0.623. The van der Waals surface area contributed by atoms with Gasteiger partial charge in [0.15, 0.2) is 0 Å². The summed E-state index contributed by atoms with van der Waals surface area (Å²) in [5.74, 6) is -0.0984. The fourth-order valence-corrected chi connectivity index (χ4v) is 2.12. The van der Waals surface area contributed by atoms with E-state index >= 15 is 0 Å². The largest absolute Gasteiger partial charge is 0.348 e. The van der Waals surface area contributed by atoms with Gasteiger partial charge in [-0.25, -0.2) is 4.98 Å². The molecule has 1 saturated heterocycles. The number of aryl methyl sites for hydroxylation is 1. The van der Waals surface area contributed by atoms with Crippen LogP contribution in [0.4, 0.5) is 0 Å². The van der Waals surface area contributed by atoms with E-state index < -0.39 is 0 Å². The molecule has 1 aliphatic rings. The minimum atomic E-state index is -0.0984. The molecule has 1 atom stereocenters. The van der Waals surface area contributed by atoms with Gasteiger partial charge in [0, 0.05) is 18.8 Å². The predicted molar refractivity (Wildman–Crippen MR) is 65.3 cm³/mol. The van der Waals surface area contributed by atoms with Crippen LogP contribution in [0, 0.1) is 6.92 Å². The van der Waals surface area contributed by atoms with E-state index in [4.69, 9.17) is 4.52 Å². The first-order valence-corrected chi connectivity index (χ1v) is 5.97. The minimum Gasteiger partial charge on any atom is -0.348 e. The summed E-state index contributed by atoms with van der Waals surface area (Å²) in [7, 11) is 0. The molecule has 1 amide bonds. The molecule has 6 heteroatoms. The summed E-state index contributed by atoms with van der Waals surface area (Å²) in [4.78, 5) is 16.1. The van der Waals surface area contributed by atoms with Gasteiger partial charge in [-0.15, -0.1) is 0 Å². The number of hydrogen-bond acceptors (Lipinski definition) is 5. The Kier molecular flexibility index (Phi) is 2.71. The summed E-state index contributed by atoms with van der Waals surface area (Å²) < 4.78 is 5.01. The molecule has 3 heterocycles. The van der Waals surface area contributed by atoms with Crippen LogP contribution in [0.2, 0.25) is 0 Å². The van der Waals surface area contributed by atoms with E-state index in [1.807, 2.05) is 6.92 Å². The fourth-order valence-electron chi connectivity index (χ4n) is 2.12. The Bertz CT molecular complexity index is 587. The lowest BCUT2D eigenvalue weighted by Gasteiger charge is -2.10. The van der Waals surface area contributed by atoms with Crippen LogP contribution in [0.25, 0.3) is 11.1 Å². The Morgan fingerprint density at radius 1 is 1.61 bits per heavy atom. The fraction of sp³-hybridized carbons (Fsp3) is 0.417. The standard InChI is InChI=1S/C12H14N4O2/c1-7-10-4-8(5-14-12(10)18-16-7)11(17)15-9-2-3-13-6-9/h4-5,9,13H,2-3,6H2,1H3,(H,15,17). The second-order valence-corrected chi connectivity index (χ2v) is 4.51. The van der Waals surface area contributed by atoms with Crippen molar-refractivity contribution in [3.05, 3.63) is 23.5 Å². The molecule has 0 bridgehead atoms. The van der Waals surface area contributed by atoms with Crippen molar-refractivity contribution in [2.24, 2.45) is 0 Å². The summed E-state index contributed by atoms with van der Waals surface area (Å²) in [6.45, 7) is 3.61. The number of rotatable bonds is 2. The average molecular weight is 246 g/mol. The molecule has 1 unspecified atom stereocenters. The minimum absolute atomic E-state index is 0.0984. The highest BCUT2D eigenvalue weighted by Gasteiger charge is 2.18. The van der Waals surface area contributed by atoms with Crippen LogP contribution in [0.1, 0.15) is 22.5 Å². The number of carbonyl (C=O) groups excluding carboxylic acids is 1. The van der Waals surface area contributed by atoms with E-state index in [1.165, 1.54) is 6.20 Å². The van der Waals surface area contributed by atoms with Gasteiger partial charge in [-0.3, -0.25) is 4.79 Å². The van der Waals surface area contributed by atoms with Gasteiger partial charge in [0.05, 0.1) is 16.6 Å². The van der Waals surface area contributed by atoms with Crippen molar-refractivity contribution in [3.63, 3.8) is 0 Å². The van der Waals surface area contributed by atoms with Crippen LogP contribution in [0.5, 0.6) is 0 Å². The van der Waals surface area contributed by atoms with Gasteiger partial charge >= 0.3 is 0 Å². The van der Waals surface area contributed by atoms with Crippen LogP contribution in [-0.2, 0) is 0 Å². The third-order valence-electron chi connectivity index (χ3n) is 3.17. The number of amides is 1. The van der Waals surface area contributed by atoms with E-state index in [1.54, 1.807) is 6.07 Å². The number of hydrogen-bond donors (Lipinski definition) is 2. The second-order valence-electron chi connectivity index (χ2n) is 4.51. The first-order chi connectivity index (χ1) is 8.74. The molecule has 6 nitrogen and oxygen atoms in total. The Hall–Kier alpha value is -1.95. The molecule has 2 aromatic heterocycles. The lowest BCUT2D eigenvalue weighted by Crippen LogP contribution is -2.36. The Morgan fingerprint density at radius 2 is 2.50 bits per heavy atom. The molecule has 0 aromatic carbocycles. The highest BCUT2D eigenvalue weighted by molar-refractivity contribution is 5.97. The first kappa shape index (κ1) is 11.2. The highest BCUT2D eigenvalue weighted by Crippen LogP contribution is 2.16. The van der Waals surface area contributed by atoms with Crippen LogP contribution in [-0.4, -0.2) is 35.2 Å². The second kappa shape index (κ2) is 4.38. The monoisotopic (exact) mass is 246 g/mol. The number of pyridine rings is 1. The van der Waals surface area contributed by atoms with Crippen molar-refractivity contribution < 1.29 is 9.32 Å². The SMILES string of the molecule is Cc1noc2ncc(C(=O)NC3CCNC3)cc12. The van der Waals surface area contributed by atoms with Crippen molar-refractivity contribution in [2.45, 2.75) is 19.4 Å². The van der Waals surface area contributed by atoms with Crippen LogP contribution in [0.3, 0.4) is 0 Å². The summed E-state index contributed by atoms with van der Waals surface area (Å²) >= 11 is 0. The number of nitrogens with zero attached hydrogens (tertiary/aromatic N) is 2. The normalized spacial score (nSPS) is 19.3. The third-order valence-corrected chi connectivity index (χ3v) is 3.17. The molecule has 18 heavy (non-hydrogen) atoms. The molecular formula is C12H14N4O2. The number of nitrogens with one attached hydrogen (secondary N) is 2. The van der Waals surface area contributed by atoms with Crippen molar-refractivity contribution in [3.8, 4) is 0 Å². The molecule has 1 fully saturated rings. The van der Waals surface area contributed by atoms with Gasteiger partial charge in [0.1, 0.15) is 0 Å². The lowest BCUT2D eigenvalue weighted by atomic mass is 10.2. The molecule has 0 saturated carbocycles. The lowest BCUT2D eigenvalue weighted by molar-refractivity contribution is 0.0940. The van der Waals surface area contributed by atoms with Gasteiger partial charge in [-0.05, 0) is 26.0 Å². The number of carbonyl (C=O) groups is 1. The maximum absolute atomic E-state index is 12.0. The molecule has 2 aromatic rings. The Morgan fingerprint density at radius 3 is 3.28 bits per heavy atom. The van der Waals surface area contributed by atoms with E-state index in [9.17, 15) is 4.79 Å². The average Bonchev–Trinajstić information content (AvgIpc) is 3.00. The van der Waals surface area contributed by atoms with Gasteiger partial charge < -0.3 is 15.2 Å². The molecule has 3 rings (SSSR count). The highest BCUT2D eigenvalue weighted by atomic mass is 16.5. The molecule has 0 aliphatic carbocycles. The number of aromatic nitrogens is 2. The van der Waals surface area contributed by atoms with Crippen LogP contribution in [0.15, 0.2) is 16.8 Å². The van der Waals surface area contributed by atoms with E-state index in [-0.39, 0.29) is 11.9 Å². The zero-order valence-electron chi connectivity index (χ0n) is 10.1. The van der Waals surface area contributed by atoms with Gasteiger partial charge in [0.25, 0.3) is 11.6 Å². The van der Waals surface area contributed by atoms with Gasteiger partial charge in [-0.1, -0.05) is 5.16 Å². The van der Waals surface area contributed by atoms with E-state index in [0.29, 0.717) is 11.3 Å². The maximum Gasteiger partial charge on any atom is 0.257 e. The quantitative estimate of drug-likeness (QED) is 0.812. The summed E-state index contributed by atoms with van der Waals surface area (Å²) in [6.07, 6.45) is 2.48. The molecule has 0 spiro atoms. The van der Waals surface area contributed by atoms with Crippen molar-refractivity contribution in [1.82, 2.24) is 20.8 Å². The summed E-state index contributed by atoms with van der Waals surface area (Å²) in [5, 5.41) is 10.8. The van der Waals surface area contributed by atoms with E-state index in [0.717, 1.165) is 30.6 Å². The summed E-state index contributed by atoms with van der Waals surface area (Å²) in [5.41, 5.74) is 1.75. The molecular weight excluding hydrogens is 232 g/mol. The smallest absolute Gasteiger partial charge is 0.257 e. The third kappa shape index (κ3) is 1.95. The maximum atomic E-state index is 12.0. The van der Waals surface area contributed by atoms with Crippen LogP contribution >= 0.6 is 0 Å². The molecule has 94 valence electrons. The number of fused-ring (bicyclic) bond motifs is 1. The van der Waals surface area contributed by atoms with E-state index in [2.05, 4.69) is 20.8 Å². The van der Waals surface area contributed by atoms with Gasteiger partial charge in [-0.2, -0.15) is 0 Å². The van der Waals surface area contributed by atoms with Crippen molar-refractivity contribution >= 4 is 17.0 Å². The topological polar surface area (TPSA) is 80.0 Å². The zero-order valence-corrected chi connectivity index (χ0v) is 10.1. The summed E-state index contributed by atoms with van der Waals surface area (Å²) in [6, 6.07) is 1.98.